The van der Waals surface area contributed by atoms with Gasteiger partial charge in [-0.3, -0.25) is 0 Å². The van der Waals surface area contributed by atoms with Crippen LogP contribution in [-0.2, 0) is 0 Å². The molecule has 1 aliphatic rings. The van der Waals surface area contributed by atoms with Gasteiger partial charge in [0.05, 0.1) is 11.6 Å². The van der Waals surface area contributed by atoms with Crippen LogP contribution in [0.2, 0.25) is 0 Å². The van der Waals surface area contributed by atoms with Gasteiger partial charge in [-0.2, -0.15) is 0 Å². The van der Waals surface area contributed by atoms with E-state index < -0.39 is 0 Å². The number of hydrogen-bond acceptors (Lipinski definition) is 3. The fourth-order valence-electron chi connectivity index (χ4n) is 1.87. The van der Waals surface area contributed by atoms with Gasteiger partial charge in [0.25, 0.3) is 0 Å². The Morgan fingerprint density at radius 1 is 1.38 bits per heavy atom. The molecule has 0 unspecified atom stereocenters. The minimum Gasteiger partial charge on any atom is -0.494 e. The minimum atomic E-state index is -0.249. The molecule has 16 heavy (non-hydrogen) atoms. The summed E-state index contributed by atoms with van der Waals surface area (Å²) in [5.41, 5.74) is 0.554. The number of rotatable bonds is 2. The highest BCUT2D eigenvalue weighted by Crippen LogP contribution is 2.35. The van der Waals surface area contributed by atoms with Gasteiger partial charge in [-0.15, -0.1) is 0 Å². The van der Waals surface area contributed by atoms with Crippen LogP contribution < -0.4 is 15.0 Å². The highest BCUT2D eigenvalue weighted by atomic mass is 79.9. The highest BCUT2D eigenvalue weighted by molar-refractivity contribution is 9.10. The number of nitrogens with one attached hydrogen (secondary N) is 1. The molecule has 0 spiro atoms. The van der Waals surface area contributed by atoms with Crippen LogP contribution in [0.15, 0.2) is 16.6 Å². The van der Waals surface area contributed by atoms with Gasteiger partial charge in [0.15, 0.2) is 5.82 Å². The molecule has 0 radical (unpaired) electrons. The third-order valence-corrected chi connectivity index (χ3v) is 3.30. The maximum atomic E-state index is 14.0. The summed E-state index contributed by atoms with van der Waals surface area (Å²) >= 11 is 3.20. The number of nitrogens with zero attached hydrogens (tertiary/aromatic N) is 1. The molecule has 0 aliphatic carbocycles. The molecule has 5 heteroatoms. The molecular formula is C11H14BrFN2O. The summed E-state index contributed by atoms with van der Waals surface area (Å²) in [6.45, 7) is 3.33. The van der Waals surface area contributed by atoms with E-state index in [-0.39, 0.29) is 5.82 Å². The molecule has 1 heterocycles. The molecule has 1 fully saturated rings. The van der Waals surface area contributed by atoms with Crippen molar-refractivity contribution in [3.63, 3.8) is 0 Å². The van der Waals surface area contributed by atoms with Crippen molar-refractivity contribution >= 4 is 21.6 Å². The van der Waals surface area contributed by atoms with Crippen LogP contribution in [0.3, 0.4) is 0 Å². The maximum Gasteiger partial charge on any atom is 0.164 e. The summed E-state index contributed by atoms with van der Waals surface area (Å²) in [6, 6.07) is 3.45. The third kappa shape index (κ3) is 2.15. The summed E-state index contributed by atoms with van der Waals surface area (Å²) in [4.78, 5) is 2.01. The SMILES string of the molecule is COc1ccc(Br)c(F)c1N1CCNCC1. The molecule has 88 valence electrons. The quantitative estimate of drug-likeness (QED) is 0.901. The van der Waals surface area contributed by atoms with E-state index in [1.807, 2.05) is 4.90 Å². The fraction of sp³-hybridized carbons (Fsp3) is 0.455. The summed E-state index contributed by atoms with van der Waals surface area (Å²) < 4.78 is 19.7. The van der Waals surface area contributed by atoms with Gasteiger partial charge in [-0.1, -0.05) is 0 Å². The third-order valence-electron chi connectivity index (χ3n) is 2.69. The molecule has 0 bridgehead atoms. The Labute approximate surface area is 103 Å². The molecule has 2 rings (SSSR count). The first kappa shape index (κ1) is 11.7. The molecular weight excluding hydrogens is 275 g/mol. The summed E-state index contributed by atoms with van der Waals surface area (Å²) in [5.74, 6) is 0.337. The van der Waals surface area contributed by atoms with E-state index >= 15 is 0 Å². The predicted molar refractivity (Wildman–Crippen MR) is 65.7 cm³/mol. The summed E-state index contributed by atoms with van der Waals surface area (Å²) in [6.07, 6.45) is 0. The second kappa shape index (κ2) is 5.01. The van der Waals surface area contributed by atoms with Gasteiger partial charge in [0.2, 0.25) is 0 Å². The molecule has 3 nitrogen and oxygen atoms in total. The van der Waals surface area contributed by atoms with Gasteiger partial charge in [0, 0.05) is 26.2 Å². The summed E-state index contributed by atoms with van der Waals surface area (Å²) in [7, 11) is 1.56. The second-order valence-corrected chi connectivity index (χ2v) is 4.50. The summed E-state index contributed by atoms with van der Waals surface area (Å²) in [5, 5.41) is 3.24. The molecule has 1 aromatic carbocycles. The average Bonchev–Trinajstić information content (AvgIpc) is 2.33. The number of ether oxygens (including phenoxy) is 1. The first-order valence-corrected chi connectivity index (χ1v) is 6.01. The van der Waals surface area contributed by atoms with Crippen molar-refractivity contribution in [3.8, 4) is 5.75 Å². The topological polar surface area (TPSA) is 24.5 Å². The van der Waals surface area contributed by atoms with E-state index in [2.05, 4.69) is 21.2 Å². The first-order valence-electron chi connectivity index (χ1n) is 5.21. The van der Waals surface area contributed by atoms with Crippen LogP contribution in [0.4, 0.5) is 10.1 Å². The monoisotopic (exact) mass is 288 g/mol. The number of anilines is 1. The smallest absolute Gasteiger partial charge is 0.164 e. The van der Waals surface area contributed by atoms with Gasteiger partial charge >= 0.3 is 0 Å². The molecule has 1 saturated heterocycles. The molecule has 0 aromatic heterocycles. The van der Waals surface area contributed by atoms with Crippen LogP contribution in [0.25, 0.3) is 0 Å². The molecule has 0 saturated carbocycles. The lowest BCUT2D eigenvalue weighted by Gasteiger charge is -2.31. The van der Waals surface area contributed by atoms with Gasteiger partial charge in [-0.05, 0) is 28.1 Å². The zero-order valence-electron chi connectivity index (χ0n) is 9.09. The van der Waals surface area contributed by atoms with Crippen molar-refractivity contribution in [1.29, 1.82) is 0 Å². The first-order chi connectivity index (χ1) is 7.74. The van der Waals surface area contributed by atoms with Crippen molar-refractivity contribution < 1.29 is 9.13 Å². The Morgan fingerprint density at radius 3 is 2.69 bits per heavy atom. The van der Waals surface area contributed by atoms with E-state index in [0.29, 0.717) is 15.9 Å². The molecule has 0 atom stereocenters. The lowest BCUT2D eigenvalue weighted by Crippen LogP contribution is -2.44. The van der Waals surface area contributed by atoms with Crippen molar-refractivity contribution in [3.05, 3.63) is 22.4 Å². The average molecular weight is 289 g/mol. The molecule has 1 aliphatic heterocycles. The van der Waals surface area contributed by atoms with Crippen LogP contribution in [-0.4, -0.2) is 33.3 Å². The van der Waals surface area contributed by atoms with Crippen LogP contribution >= 0.6 is 15.9 Å². The Hall–Kier alpha value is -0.810. The molecule has 0 amide bonds. The van der Waals surface area contributed by atoms with E-state index in [0.717, 1.165) is 26.2 Å². The standard InChI is InChI=1S/C11H14BrFN2O/c1-16-9-3-2-8(12)10(13)11(9)15-6-4-14-5-7-15/h2-3,14H,4-7H2,1H3. The van der Waals surface area contributed by atoms with Crippen molar-refractivity contribution in [2.24, 2.45) is 0 Å². The van der Waals surface area contributed by atoms with Gasteiger partial charge in [0.1, 0.15) is 11.4 Å². The molecule has 1 N–H and O–H groups in total. The van der Waals surface area contributed by atoms with Crippen molar-refractivity contribution in [2.75, 3.05) is 38.2 Å². The number of piperazine rings is 1. The van der Waals surface area contributed by atoms with Crippen molar-refractivity contribution in [1.82, 2.24) is 5.32 Å². The number of halogens is 2. The van der Waals surface area contributed by atoms with Crippen molar-refractivity contribution in [2.45, 2.75) is 0 Å². The lowest BCUT2D eigenvalue weighted by molar-refractivity contribution is 0.408. The zero-order chi connectivity index (χ0) is 11.5. The zero-order valence-corrected chi connectivity index (χ0v) is 10.7. The largest absolute Gasteiger partial charge is 0.494 e. The predicted octanol–water partition coefficient (Wildman–Crippen LogP) is 2.01. The van der Waals surface area contributed by atoms with E-state index in [4.69, 9.17) is 4.74 Å². The molecule has 1 aromatic rings. The van der Waals surface area contributed by atoms with E-state index in [9.17, 15) is 4.39 Å². The second-order valence-electron chi connectivity index (χ2n) is 3.65. The minimum absolute atomic E-state index is 0.249. The number of hydrogen-bond donors (Lipinski definition) is 1. The van der Waals surface area contributed by atoms with Crippen LogP contribution in [0.5, 0.6) is 5.75 Å². The van der Waals surface area contributed by atoms with Crippen LogP contribution in [0, 0.1) is 5.82 Å². The highest BCUT2D eigenvalue weighted by Gasteiger charge is 2.20. The normalized spacial score (nSPS) is 16.3. The Balaban J connectivity index is 2.39. The van der Waals surface area contributed by atoms with Crippen LogP contribution in [0.1, 0.15) is 0 Å². The van der Waals surface area contributed by atoms with E-state index in [1.165, 1.54) is 0 Å². The lowest BCUT2D eigenvalue weighted by atomic mass is 10.2. The fourth-order valence-corrected chi connectivity index (χ4v) is 2.19. The Morgan fingerprint density at radius 2 is 2.06 bits per heavy atom. The number of benzene rings is 1. The number of methoxy groups -OCH3 is 1. The Bertz CT molecular complexity index is 380. The van der Waals surface area contributed by atoms with Gasteiger partial charge in [-0.25, -0.2) is 4.39 Å². The van der Waals surface area contributed by atoms with Gasteiger partial charge < -0.3 is 15.0 Å². The van der Waals surface area contributed by atoms with E-state index in [1.54, 1.807) is 19.2 Å². The Kier molecular flexibility index (Phi) is 3.66. The maximum absolute atomic E-state index is 14.0.